The van der Waals surface area contributed by atoms with Crippen molar-refractivity contribution >= 4 is 17.3 Å². The first kappa shape index (κ1) is 27.0. The number of hydrogen-bond acceptors (Lipinski definition) is 6. The molecule has 4 aromatic rings. The van der Waals surface area contributed by atoms with Crippen molar-refractivity contribution in [3.05, 3.63) is 72.2 Å². The number of carboxylic acids is 1. The molecule has 1 aliphatic rings. The predicted octanol–water partition coefficient (Wildman–Crippen LogP) is 4.78. The predicted molar refractivity (Wildman–Crippen MR) is 122 cm³/mol. The van der Waals surface area contributed by atoms with E-state index in [-0.39, 0.29) is 6.04 Å². The number of aromatic nitrogens is 5. The van der Waals surface area contributed by atoms with Gasteiger partial charge in [-0.2, -0.15) is 17.6 Å². The second-order valence-electron chi connectivity index (χ2n) is 8.48. The summed E-state index contributed by atoms with van der Waals surface area (Å²) in [6.45, 7) is 2.22. The lowest BCUT2D eigenvalue weighted by molar-refractivity contribution is -0.192. The van der Waals surface area contributed by atoms with Gasteiger partial charge in [0.1, 0.15) is 0 Å². The van der Waals surface area contributed by atoms with E-state index in [9.17, 15) is 26.3 Å². The number of carboxylic acid groups (broad SMARTS) is 1. The molecule has 0 amide bonds. The number of fused-ring (bicyclic) bond motifs is 1. The van der Waals surface area contributed by atoms with Gasteiger partial charge in [0.2, 0.25) is 5.95 Å². The summed E-state index contributed by atoms with van der Waals surface area (Å²) in [7, 11) is 0. The van der Waals surface area contributed by atoms with Gasteiger partial charge in [-0.05, 0) is 42.7 Å². The first-order valence-electron chi connectivity index (χ1n) is 11.3. The molecule has 8 nitrogen and oxygen atoms in total. The third-order valence-electron chi connectivity index (χ3n) is 5.89. The monoisotopic (exact) mass is 538 g/mol. The fourth-order valence-electron chi connectivity index (χ4n) is 3.99. The number of pyridine rings is 1. The minimum Gasteiger partial charge on any atom is -0.475 e. The molecule has 38 heavy (non-hydrogen) atoms. The van der Waals surface area contributed by atoms with E-state index in [4.69, 9.17) is 14.9 Å². The Balaban J connectivity index is 0.000000426. The van der Waals surface area contributed by atoms with Gasteiger partial charge < -0.3 is 9.67 Å². The zero-order chi connectivity index (χ0) is 27.4. The largest absolute Gasteiger partial charge is 0.490 e. The van der Waals surface area contributed by atoms with Gasteiger partial charge in [0, 0.05) is 37.4 Å². The molecule has 200 valence electrons. The number of nitrogens with zero attached hydrogens (tertiary/aromatic N) is 6. The average molecular weight is 538 g/mol. The molecule has 1 aromatic carbocycles. The third-order valence-corrected chi connectivity index (χ3v) is 5.89. The average Bonchev–Trinajstić information content (AvgIpc) is 3.30. The van der Waals surface area contributed by atoms with Crippen LogP contribution in [0.3, 0.4) is 0 Å². The highest BCUT2D eigenvalue weighted by atomic mass is 19.4. The number of halogens is 6. The number of alkyl halides is 3. The van der Waals surface area contributed by atoms with Crippen LogP contribution in [-0.2, 0) is 11.3 Å². The van der Waals surface area contributed by atoms with Crippen LogP contribution in [0.2, 0.25) is 0 Å². The summed E-state index contributed by atoms with van der Waals surface area (Å²) in [6.07, 6.45) is 1.47. The molecule has 0 unspecified atom stereocenters. The summed E-state index contributed by atoms with van der Waals surface area (Å²) >= 11 is 0. The molecule has 0 bridgehead atoms. The van der Waals surface area contributed by atoms with Crippen molar-refractivity contribution in [2.45, 2.75) is 31.6 Å². The van der Waals surface area contributed by atoms with E-state index in [1.807, 2.05) is 4.57 Å². The van der Waals surface area contributed by atoms with Crippen LogP contribution in [0.15, 0.2) is 49.1 Å². The molecule has 0 saturated carbocycles. The molecule has 1 saturated heterocycles. The fraction of sp³-hybridized carbons (Fsp3) is 0.292. The Kier molecular flexibility index (Phi) is 7.90. The second-order valence-corrected chi connectivity index (χ2v) is 8.48. The van der Waals surface area contributed by atoms with Crippen molar-refractivity contribution in [3.8, 4) is 11.3 Å². The van der Waals surface area contributed by atoms with Crippen LogP contribution in [0.1, 0.15) is 24.4 Å². The van der Waals surface area contributed by atoms with Gasteiger partial charge >= 0.3 is 12.1 Å². The smallest absolute Gasteiger partial charge is 0.475 e. The van der Waals surface area contributed by atoms with E-state index in [1.54, 1.807) is 24.7 Å². The number of rotatable bonds is 4. The normalized spacial score (nSPS) is 14.8. The number of imidazole rings is 1. The van der Waals surface area contributed by atoms with Crippen LogP contribution in [0.5, 0.6) is 0 Å². The Bertz CT molecular complexity index is 1420. The Morgan fingerprint density at radius 1 is 0.974 bits per heavy atom. The summed E-state index contributed by atoms with van der Waals surface area (Å²) in [4.78, 5) is 28.3. The lowest BCUT2D eigenvalue weighted by Crippen LogP contribution is -2.34. The highest BCUT2D eigenvalue weighted by Crippen LogP contribution is 2.27. The van der Waals surface area contributed by atoms with Crippen molar-refractivity contribution in [2.75, 3.05) is 13.1 Å². The Labute approximate surface area is 211 Å². The second kappa shape index (κ2) is 11.1. The van der Waals surface area contributed by atoms with Crippen LogP contribution in [0.25, 0.3) is 22.6 Å². The number of likely N-dealkylation sites (tertiary alicyclic amines) is 1. The van der Waals surface area contributed by atoms with Gasteiger partial charge in [0.25, 0.3) is 0 Å². The molecule has 0 aliphatic carbocycles. The molecule has 4 heterocycles. The summed E-state index contributed by atoms with van der Waals surface area (Å²) in [6, 6.07) is 7.17. The van der Waals surface area contributed by atoms with Crippen molar-refractivity contribution in [3.63, 3.8) is 0 Å². The maximum Gasteiger partial charge on any atom is 0.490 e. The van der Waals surface area contributed by atoms with Gasteiger partial charge in [-0.15, -0.1) is 0 Å². The van der Waals surface area contributed by atoms with Crippen LogP contribution < -0.4 is 0 Å². The number of benzene rings is 1. The van der Waals surface area contributed by atoms with Crippen molar-refractivity contribution in [1.29, 1.82) is 0 Å². The van der Waals surface area contributed by atoms with Crippen LogP contribution in [0, 0.1) is 17.6 Å². The Hall–Kier alpha value is -4.07. The SMILES string of the molecule is Fc1ccc(-c2cnc3ncn(C4CCN(Cc5ccc(F)c(F)c5)CC4)c3n2)cn1.O=C(O)C(F)(F)F. The lowest BCUT2D eigenvalue weighted by atomic mass is 10.0. The molecule has 14 heteroatoms. The van der Waals surface area contributed by atoms with Crippen LogP contribution in [-0.4, -0.2) is 59.7 Å². The molecule has 0 radical (unpaired) electrons. The molecule has 0 spiro atoms. The van der Waals surface area contributed by atoms with Gasteiger partial charge in [-0.1, -0.05) is 6.07 Å². The number of aliphatic carboxylic acids is 1. The maximum absolute atomic E-state index is 13.5. The zero-order valence-corrected chi connectivity index (χ0v) is 19.5. The topological polar surface area (TPSA) is 97.0 Å². The summed E-state index contributed by atoms with van der Waals surface area (Å²) in [5, 5.41) is 7.12. The molecular formula is C24H20F6N6O2. The molecule has 0 atom stereocenters. The summed E-state index contributed by atoms with van der Waals surface area (Å²) in [5.41, 5.74) is 3.29. The molecule has 1 aliphatic heterocycles. The molecule has 1 N–H and O–H groups in total. The van der Waals surface area contributed by atoms with Crippen molar-refractivity contribution < 1.29 is 36.2 Å². The standard InChI is InChI=1S/C22H19F3N6.C2HF3O2/c23-17-3-1-14(9-18(17)24)12-30-7-5-16(6-8-30)31-13-28-21-22(31)29-19(11-27-21)15-2-4-20(25)26-10-15;3-2(4,5)1(6)7/h1-4,9-11,13,16H,5-8,12H2;(H,6,7). The van der Waals surface area contributed by atoms with E-state index >= 15 is 0 Å². The minimum atomic E-state index is -5.08. The first-order chi connectivity index (χ1) is 18.0. The number of carbonyl (C=O) groups is 1. The molecule has 3 aromatic heterocycles. The van der Waals surface area contributed by atoms with E-state index in [2.05, 4.69) is 19.9 Å². The van der Waals surface area contributed by atoms with Crippen molar-refractivity contribution in [2.24, 2.45) is 0 Å². The quantitative estimate of drug-likeness (QED) is 0.295. The lowest BCUT2D eigenvalue weighted by Gasteiger charge is -2.32. The number of piperidine rings is 1. The first-order valence-corrected chi connectivity index (χ1v) is 11.3. The van der Waals surface area contributed by atoms with Crippen molar-refractivity contribution in [1.82, 2.24) is 29.4 Å². The fourth-order valence-corrected chi connectivity index (χ4v) is 3.99. The van der Waals surface area contributed by atoms with Crippen LogP contribution >= 0.6 is 0 Å². The molecule has 5 rings (SSSR count). The molecular weight excluding hydrogens is 518 g/mol. The van der Waals surface area contributed by atoms with Gasteiger partial charge in [-0.3, -0.25) is 4.90 Å². The maximum atomic E-state index is 13.5. The number of hydrogen-bond donors (Lipinski definition) is 1. The summed E-state index contributed by atoms with van der Waals surface area (Å²) in [5.74, 6) is -4.94. The van der Waals surface area contributed by atoms with E-state index < -0.39 is 29.7 Å². The Morgan fingerprint density at radius 3 is 2.29 bits per heavy atom. The highest BCUT2D eigenvalue weighted by molar-refractivity contribution is 5.73. The van der Waals surface area contributed by atoms with Crippen LogP contribution in [0.4, 0.5) is 26.3 Å². The van der Waals surface area contributed by atoms with Gasteiger partial charge in [-0.25, -0.2) is 33.5 Å². The van der Waals surface area contributed by atoms with Gasteiger partial charge in [0.15, 0.2) is 22.9 Å². The van der Waals surface area contributed by atoms with E-state index in [0.717, 1.165) is 31.5 Å². The minimum absolute atomic E-state index is 0.210. The third kappa shape index (κ3) is 6.43. The van der Waals surface area contributed by atoms with E-state index in [0.29, 0.717) is 29.1 Å². The van der Waals surface area contributed by atoms with Gasteiger partial charge in [0.05, 0.1) is 18.2 Å². The zero-order valence-electron chi connectivity index (χ0n) is 19.5. The Morgan fingerprint density at radius 2 is 1.68 bits per heavy atom. The molecule has 1 fully saturated rings. The summed E-state index contributed by atoms with van der Waals surface area (Å²) < 4.78 is 73.5. The van der Waals surface area contributed by atoms with E-state index in [1.165, 1.54) is 24.4 Å². The highest BCUT2D eigenvalue weighted by Gasteiger charge is 2.38.